The molecule has 1 aromatic heterocycles. The van der Waals surface area contributed by atoms with Crippen LogP contribution in [0.2, 0.25) is 0 Å². The Kier molecular flexibility index (Phi) is 7.11. The molecule has 186 valence electrons. The lowest BCUT2D eigenvalue weighted by Gasteiger charge is -2.32. The zero-order valence-electron chi connectivity index (χ0n) is 21.1. The van der Waals surface area contributed by atoms with Crippen LogP contribution in [0.15, 0.2) is 71.1 Å². The Morgan fingerprint density at radius 3 is 2.35 bits per heavy atom. The highest BCUT2D eigenvalue weighted by atomic mass is 16.4. The number of nitriles is 1. The van der Waals surface area contributed by atoms with Crippen molar-refractivity contribution in [3.05, 3.63) is 94.9 Å². The number of aryl methyl sites for hydroxylation is 2. The summed E-state index contributed by atoms with van der Waals surface area (Å²) in [7, 11) is 0. The molecule has 7 heteroatoms. The molecule has 0 radical (unpaired) electrons. The summed E-state index contributed by atoms with van der Waals surface area (Å²) in [6, 6.07) is 23.9. The molecule has 5 rings (SSSR count). The molecule has 0 spiro atoms. The third-order valence-corrected chi connectivity index (χ3v) is 6.88. The number of piperidine rings is 1. The van der Waals surface area contributed by atoms with E-state index in [9.17, 15) is 4.79 Å². The molecular weight excluding hydrogens is 462 g/mol. The van der Waals surface area contributed by atoms with E-state index < -0.39 is 0 Å². The minimum Gasteiger partial charge on any atom is -0.421 e. The maximum absolute atomic E-state index is 12.9. The second kappa shape index (κ2) is 10.8. The second-order valence-corrected chi connectivity index (χ2v) is 9.57. The van der Waals surface area contributed by atoms with Gasteiger partial charge in [0.1, 0.15) is 0 Å². The summed E-state index contributed by atoms with van der Waals surface area (Å²) in [6.45, 7) is 6.56. The number of likely N-dealkylation sites (tertiary alicyclic amines) is 1. The Morgan fingerprint density at radius 2 is 1.70 bits per heavy atom. The first kappa shape index (κ1) is 24.4. The van der Waals surface area contributed by atoms with Crippen LogP contribution in [0, 0.1) is 25.2 Å². The van der Waals surface area contributed by atoms with Gasteiger partial charge < -0.3 is 9.73 Å². The molecule has 1 N–H and O–H groups in total. The van der Waals surface area contributed by atoms with Crippen LogP contribution in [-0.2, 0) is 6.54 Å². The number of nitrogens with zero attached hydrogens (tertiary/aromatic N) is 4. The summed E-state index contributed by atoms with van der Waals surface area (Å²) in [6.07, 6.45) is 1.84. The van der Waals surface area contributed by atoms with Gasteiger partial charge in [-0.1, -0.05) is 30.3 Å². The van der Waals surface area contributed by atoms with Gasteiger partial charge in [-0.05, 0) is 78.4 Å². The normalized spacial score (nSPS) is 14.3. The Balaban J connectivity index is 1.17. The summed E-state index contributed by atoms with van der Waals surface area (Å²) in [5.41, 5.74) is 6.64. The molecule has 0 saturated carbocycles. The van der Waals surface area contributed by atoms with Crippen LogP contribution < -0.4 is 5.32 Å². The highest BCUT2D eigenvalue weighted by molar-refractivity contribution is 5.95. The zero-order valence-corrected chi connectivity index (χ0v) is 21.1. The fourth-order valence-electron chi connectivity index (χ4n) is 4.73. The average Bonchev–Trinajstić information content (AvgIpc) is 3.37. The van der Waals surface area contributed by atoms with Crippen molar-refractivity contribution in [2.24, 2.45) is 0 Å². The molecule has 0 aliphatic carbocycles. The molecule has 4 aromatic rings. The number of rotatable bonds is 6. The fraction of sp³-hybridized carbons (Fsp3) is 0.267. The third-order valence-electron chi connectivity index (χ3n) is 6.88. The molecule has 0 atom stereocenters. The SMILES string of the molecule is Cc1nnc(-c2ccc(C)c(-c3ccc(C(=O)NC4CCN(Cc5ccc(C#N)cc5)CC4)cc3)c2)o1. The fourth-order valence-corrected chi connectivity index (χ4v) is 4.73. The number of nitrogens with one attached hydrogen (secondary N) is 1. The van der Waals surface area contributed by atoms with Crippen molar-refractivity contribution in [2.45, 2.75) is 39.3 Å². The minimum absolute atomic E-state index is 0.0381. The molecule has 7 nitrogen and oxygen atoms in total. The van der Waals surface area contributed by atoms with E-state index in [1.54, 1.807) is 6.92 Å². The molecular formula is C30H29N5O2. The van der Waals surface area contributed by atoms with E-state index in [0.717, 1.165) is 54.7 Å². The van der Waals surface area contributed by atoms with Crippen LogP contribution in [0.3, 0.4) is 0 Å². The van der Waals surface area contributed by atoms with E-state index in [1.165, 1.54) is 5.56 Å². The summed E-state index contributed by atoms with van der Waals surface area (Å²) in [5.74, 6) is 0.992. The number of carbonyl (C=O) groups excluding carboxylic acids is 1. The first-order valence-corrected chi connectivity index (χ1v) is 12.5. The monoisotopic (exact) mass is 491 g/mol. The van der Waals surface area contributed by atoms with E-state index >= 15 is 0 Å². The number of hydrogen-bond acceptors (Lipinski definition) is 6. The van der Waals surface area contributed by atoms with Gasteiger partial charge in [0.15, 0.2) is 0 Å². The van der Waals surface area contributed by atoms with E-state index in [1.807, 2.05) is 66.7 Å². The molecule has 0 bridgehead atoms. The molecule has 1 amide bonds. The van der Waals surface area contributed by atoms with Gasteiger partial charge in [0, 0.05) is 43.7 Å². The van der Waals surface area contributed by atoms with Crippen molar-refractivity contribution in [3.8, 4) is 28.7 Å². The van der Waals surface area contributed by atoms with Gasteiger partial charge in [0.05, 0.1) is 11.6 Å². The smallest absolute Gasteiger partial charge is 0.251 e. The largest absolute Gasteiger partial charge is 0.421 e. The molecule has 0 unspecified atom stereocenters. The summed E-state index contributed by atoms with van der Waals surface area (Å²) < 4.78 is 5.58. The second-order valence-electron chi connectivity index (χ2n) is 9.57. The predicted octanol–water partition coefficient (Wildman–Crippen LogP) is 5.29. The molecule has 1 saturated heterocycles. The first-order chi connectivity index (χ1) is 18.0. The Morgan fingerprint density at radius 1 is 1.00 bits per heavy atom. The van der Waals surface area contributed by atoms with Crippen LogP contribution in [0.4, 0.5) is 0 Å². The average molecular weight is 492 g/mol. The van der Waals surface area contributed by atoms with Crippen molar-refractivity contribution in [3.63, 3.8) is 0 Å². The Hall–Kier alpha value is -4.28. The van der Waals surface area contributed by atoms with Crippen molar-refractivity contribution >= 4 is 5.91 Å². The maximum Gasteiger partial charge on any atom is 0.251 e. The summed E-state index contributed by atoms with van der Waals surface area (Å²) in [5, 5.41) is 20.2. The van der Waals surface area contributed by atoms with Crippen molar-refractivity contribution in [2.75, 3.05) is 13.1 Å². The standard InChI is InChI=1S/C30H29N5O2/c1-20-3-8-26(30-34-33-21(2)37-30)17-28(20)24-9-11-25(12-10-24)29(36)32-27-13-15-35(16-14-27)19-23-6-4-22(18-31)5-7-23/h3-12,17,27H,13-16,19H2,1-2H3,(H,32,36). The topological polar surface area (TPSA) is 95.0 Å². The zero-order chi connectivity index (χ0) is 25.8. The van der Waals surface area contributed by atoms with Crippen LogP contribution in [0.25, 0.3) is 22.6 Å². The van der Waals surface area contributed by atoms with Gasteiger partial charge in [-0.3, -0.25) is 9.69 Å². The van der Waals surface area contributed by atoms with Gasteiger partial charge in [-0.25, -0.2) is 0 Å². The number of carbonyl (C=O) groups is 1. The van der Waals surface area contributed by atoms with Crippen LogP contribution >= 0.6 is 0 Å². The van der Waals surface area contributed by atoms with E-state index in [-0.39, 0.29) is 11.9 Å². The van der Waals surface area contributed by atoms with Crippen LogP contribution in [0.1, 0.15) is 45.8 Å². The van der Waals surface area contributed by atoms with Crippen LogP contribution in [0.5, 0.6) is 0 Å². The predicted molar refractivity (Wildman–Crippen MR) is 142 cm³/mol. The van der Waals surface area contributed by atoms with Gasteiger partial charge in [-0.2, -0.15) is 5.26 Å². The van der Waals surface area contributed by atoms with Crippen molar-refractivity contribution in [1.29, 1.82) is 5.26 Å². The lowest BCUT2D eigenvalue weighted by molar-refractivity contribution is 0.0909. The number of amides is 1. The van der Waals surface area contributed by atoms with Gasteiger partial charge in [0.25, 0.3) is 5.91 Å². The van der Waals surface area contributed by atoms with Crippen molar-refractivity contribution < 1.29 is 9.21 Å². The number of hydrogen-bond donors (Lipinski definition) is 1. The highest BCUT2D eigenvalue weighted by Crippen LogP contribution is 2.29. The molecule has 37 heavy (non-hydrogen) atoms. The van der Waals surface area contributed by atoms with Gasteiger partial charge >= 0.3 is 0 Å². The Bertz CT molecular complexity index is 1430. The lowest BCUT2D eigenvalue weighted by Crippen LogP contribution is -2.44. The Labute approximate surface area is 216 Å². The first-order valence-electron chi connectivity index (χ1n) is 12.5. The van der Waals surface area contributed by atoms with Crippen molar-refractivity contribution in [1.82, 2.24) is 20.4 Å². The quantitative estimate of drug-likeness (QED) is 0.394. The van der Waals surface area contributed by atoms with E-state index in [2.05, 4.69) is 33.4 Å². The van der Waals surface area contributed by atoms with Crippen LogP contribution in [-0.4, -0.2) is 40.1 Å². The highest BCUT2D eigenvalue weighted by Gasteiger charge is 2.21. The molecule has 1 aliphatic heterocycles. The summed E-state index contributed by atoms with van der Waals surface area (Å²) in [4.78, 5) is 15.3. The minimum atomic E-state index is -0.0381. The lowest BCUT2D eigenvalue weighted by atomic mass is 9.97. The third kappa shape index (κ3) is 5.76. The maximum atomic E-state index is 12.9. The molecule has 3 aromatic carbocycles. The number of aromatic nitrogens is 2. The summed E-state index contributed by atoms with van der Waals surface area (Å²) >= 11 is 0. The van der Waals surface area contributed by atoms with Gasteiger partial charge in [0.2, 0.25) is 11.8 Å². The van der Waals surface area contributed by atoms with E-state index in [4.69, 9.17) is 9.68 Å². The molecule has 2 heterocycles. The van der Waals surface area contributed by atoms with E-state index in [0.29, 0.717) is 22.9 Å². The number of benzene rings is 3. The molecule has 1 aliphatic rings. The van der Waals surface area contributed by atoms with Gasteiger partial charge in [-0.15, -0.1) is 10.2 Å². The molecule has 1 fully saturated rings.